The van der Waals surface area contributed by atoms with Gasteiger partial charge in [0.05, 0.1) is 12.3 Å². The van der Waals surface area contributed by atoms with E-state index in [0.717, 1.165) is 39.7 Å². The number of fused-ring (bicyclic) bond motifs is 1. The number of benzene rings is 1. The fraction of sp³-hybridized carbons (Fsp3) is 0.308. The average molecular weight is 469 g/mol. The molecule has 1 saturated heterocycles. The summed E-state index contributed by atoms with van der Waals surface area (Å²) >= 11 is 1.54. The molecular weight excluding hydrogens is 438 g/mol. The van der Waals surface area contributed by atoms with Crippen LogP contribution in [0.2, 0.25) is 0 Å². The van der Waals surface area contributed by atoms with Crippen LogP contribution in [0.15, 0.2) is 93.3 Å². The Bertz CT molecular complexity index is 1020. The summed E-state index contributed by atoms with van der Waals surface area (Å²) in [6, 6.07) is 10.1. The van der Waals surface area contributed by atoms with Gasteiger partial charge in [0.15, 0.2) is 0 Å². The highest BCUT2D eigenvalue weighted by Crippen LogP contribution is 2.34. The number of allylic oxidation sites excluding steroid dienone is 3. The van der Waals surface area contributed by atoms with Crippen LogP contribution < -0.4 is 5.32 Å². The second kappa shape index (κ2) is 11.8. The minimum atomic E-state index is -2.37. The molecule has 0 radical (unpaired) electrons. The number of halogens is 2. The lowest BCUT2D eigenvalue weighted by Gasteiger charge is -2.29. The zero-order valence-corrected chi connectivity index (χ0v) is 19.9. The maximum Gasteiger partial charge on any atom is 0.242 e. The summed E-state index contributed by atoms with van der Waals surface area (Å²) in [4.78, 5) is 12.2. The number of aliphatic imine (C=N–C) groups is 2. The molecule has 1 unspecified atom stereocenters. The van der Waals surface area contributed by atoms with E-state index in [-0.39, 0.29) is 12.5 Å². The molecule has 1 aromatic carbocycles. The molecule has 0 aromatic heterocycles. The predicted octanol–water partition coefficient (Wildman–Crippen LogP) is 6.05. The quantitative estimate of drug-likeness (QED) is 0.425. The molecule has 0 amide bonds. The smallest absolute Gasteiger partial charge is 0.242 e. The first-order chi connectivity index (χ1) is 15.9. The Labute approximate surface area is 199 Å². The zero-order valence-electron chi connectivity index (χ0n) is 19.1. The fourth-order valence-corrected chi connectivity index (χ4v) is 4.48. The highest BCUT2D eigenvalue weighted by molar-refractivity contribution is 8.06. The molecule has 7 heteroatoms. The van der Waals surface area contributed by atoms with E-state index in [4.69, 9.17) is 4.99 Å². The van der Waals surface area contributed by atoms with Crippen LogP contribution in [0.1, 0.15) is 25.3 Å². The fourth-order valence-electron chi connectivity index (χ4n) is 3.90. The molecule has 1 fully saturated rings. The maximum absolute atomic E-state index is 12.6. The zero-order chi connectivity index (χ0) is 23.8. The number of rotatable bonds is 10. The number of hydrogen-bond donors (Lipinski definition) is 1. The molecule has 2 heterocycles. The van der Waals surface area contributed by atoms with Gasteiger partial charge in [-0.05, 0) is 24.0 Å². The van der Waals surface area contributed by atoms with Crippen LogP contribution in [0.25, 0.3) is 5.70 Å². The molecule has 1 N–H and O–H groups in total. The van der Waals surface area contributed by atoms with Crippen LogP contribution in [-0.2, 0) is 0 Å². The third-order valence-corrected chi connectivity index (χ3v) is 6.27. The average Bonchev–Trinajstić information content (AvgIpc) is 3.23. The summed E-state index contributed by atoms with van der Waals surface area (Å²) in [6.07, 6.45) is 3.21. The van der Waals surface area contributed by atoms with Gasteiger partial charge in [0.1, 0.15) is 5.84 Å². The molecular formula is C26H30F2N4S. The number of amidine groups is 1. The number of nitrogens with zero attached hydrogens (tertiary/aromatic N) is 3. The molecule has 1 atom stereocenters. The van der Waals surface area contributed by atoms with Gasteiger partial charge in [-0.1, -0.05) is 67.4 Å². The third kappa shape index (κ3) is 6.32. The number of nitrogens with one attached hydrogen (secondary N) is 1. The van der Waals surface area contributed by atoms with Crippen molar-refractivity contribution in [2.45, 2.75) is 32.2 Å². The van der Waals surface area contributed by atoms with Gasteiger partial charge in [-0.2, -0.15) is 0 Å². The van der Waals surface area contributed by atoms with E-state index in [1.54, 1.807) is 24.9 Å². The molecule has 4 nitrogen and oxygen atoms in total. The lowest BCUT2D eigenvalue weighted by atomic mass is 10.0. The molecule has 3 rings (SSSR count). The highest BCUT2D eigenvalue weighted by atomic mass is 32.2. The number of hydrogen-bond acceptors (Lipinski definition) is 5. The van der Waals surface area contributed by atoms with E-state index < -0.39 is 6.43 Å². The number of thioether (sulfide) groups is 1. The first-order valence-electron chi connectivity index (χ1n) is 10.9. The molecule has 174 valence electrons. The van der Waals surface area contributed by atoms with E-state index >= 15 is 0 Å². The van der Waals surface area contributed by atoms with Gasteiger partial charge in [-0.25, -0.2) is 8.78 Å². The van der Waals surface area contributed by atoms with Crippen molar-refractivity contribution in [2.75, 3.05) is 20.1 Å². The Morgan fingerprint density at radius 2 is 2.09 bits per heavy atom. The third-order valence-electron chi connectivity index (χ3n) is 5.40. The van der Waals surface area contributed by atoms with Crippen LogP contribution in [0.3, 0.4) is 0 Å². The van der Waals surface area contributed by atoms with E-state index in [1.165, 1.54) is 6.08 Å². The van der Waals surface area contributed by atoms with Crippen LogP contribution in [0, 0.1) is 0 Å². The molecule has 0 bridgehead atoms. The SMILES string of the molecule is C=C(S/C=C\C)C1=NCC(C(/C=C\CC(F)F)=NC)=C2CC(NC(=C)c3ccccc3)CN12. The minimum Gasteiger partial charge on any atom is -0.380 e. The molecule has 33 heavy (non-hydrogen) atoms. The van der Waals surface area contributed by atoms with Crippen molar-refractivity contribution in [1.29, 1.82) is 0 Å². The van der Waals surface area contributed by atoms with Crippen molar-refractivity contribution in [3.8, 4) is 0 Å². The topological polar surface area (TPSA) is 40.0 Å². The molecule has 1 aromatic rings. The Balaban J connectivity index is 1.87. The Morgan fingerprint density at radius 3 is 2.76 bits per heavy atom. The minimum absolute atomic E-state index is 0.119. The summed E-state index contributed by atoms with van der Waals surface area (Å²) < 4.78 is 25.3. The van der Waals surface area contributed by atoms with Crippen molar-refractivity contribution < 1.29 is 8.78 Å². The van der Waals surface area contributed by atoms with Crippen LogP contribution in [0.5, 0.6) is 0 Å². The van der Waals surface area contributed by atoms with E-state index in [0.29, 0.717) is 18.8 Å². The van der Waals surface area contributed by atoms with E-state index in [2.05, 4.69) is 28.4 Å². The first-order valence-corrected chi connectivity index (χ1v) is 11.8. The lowest BCUT2D eigenvalue weighted by Crippen LogP contribution is -2.36. The van der Waals surface area contributed by atoms with E-state index in [9.17, 15) is 8.78 Å². The molecule has 0 aliphatic carbocycles. The largest absolute Gasteiger partial charge is 0.380 e. The van der Waals surface area contributed by atoms with Crippen LogP contribution >= 0.6 is 11.8 Å². The second-order valence-electron chi connectivity index (χ2n) is 7.71. The molecule has 0 spiro atoms. The lowest BCUT2D eigenvalue weighted by molar-refractivity contribution is 0.152. The van der Waals surface area contributed by atoms with Crippen molar-refractivity contribution in [2.24, 2.45) is 9.98 Å². The predicted molar refractivity (Wildman–Crippen MR) is 138 cm³/mol. The summed E-state index contributed by atoms with van der Waals surface area (Å²) in [7, 11) is 1.68. The summed E-state index contributed by atoms with van der Waals surface area (Å²) in [5.74, 6) is 0.846. The van der Waals surface area contributed by atoms with Gasteiger partial charge in [-0.15, -0.1) is 0 Å². The Hall–Kier alpha value is -2.93. The van der Waals surface area contributed by atoms with E-state index in [1.807, 2.05) is 48.7 Å². The van der Waals surface area contributed by atoms with Crippen LogP contribution in [-0.4, -0.2) is 49.1 Å². The Kier molecular flexibility index (Phi) is 8.83. The monoisotopic (exact) mass is 468 g/mol. The van der Waals surface area contributed by atoms with Gasteiger partial charge in [0.2, 0.25) is 6.43 Å². The normalized spacial score (nSPS) is 18.9. The van der Waals surface area contributed by atoms with Gasteiger partial charge >= 0.3 is 0 Å². The van der Waals surface area contributed by atoms with Gasteiger partial charge in [0, 0.05) is 54.3 Å². The van der Waals surface area contributed by atoms with Crippen molar-refractivity contribution in [1.82, 2.24) is 10.2 Å². The molecule has 0 saturated carbocycles. The maximum atomic E-state index is 12.6. The molecule has 2 aliphatic rings. The van der Waals surface area contributed by atoms with Crippen LogP contribution in [0.4, 0.5) is 8.78 Å². The first kappa shape index (κ1) is 24.7. The second-order valence-corrected chi connectivity index (χ2v) is 8.71. The Morgan fingerprint density at radius 1 is 1.33 bits per heavy atom. The summed E-state index contributed by atoms with van der Waals surface area (Å²) in [5.41, 5.74) is 4.66. The molecule has 2 aliphatic heterocycles. The van der Waals surface area contributed by atoms with Crippen molar-refractivity contribution >= 4 is 29.0 Å². The highest BCUT2D eigenvalue weighted by Gasteiger charge is 2.36. The standard InChI is InChI=1S/C26H30F2N4S/c1-5-14-33-19(3)26-30-16-22(23(29-4)12-9-13-25(27)28)24-15-21(17-32(24)26)31-18(2)20-10-7-6-8-11-20/h5-12,14,21,25,31H,2-3,13,15-17H2,1,4H3/b12-9-,14-5-,29-23?. The van der Waals surface area contributed by atoms with Gasteiger partial charge in [0.25, 0.3) is 0 Å². The van der Waals surface area contributed by atoms with Gasteiger partial charge in [-0.3, -0.25) is 9.98 Å². The van der Waals surface area contributed by atoms with Crippen molar-refractivity contribution in [3.05, 3.63) is 88.9 Å². The summed E-state index contributed by atoms with van der Waals surface area (Å²) in [6.45, 7) is 11.5. The summed E-state index contributed by atoms with van der Waals surface area (Å²) in [5, 5.41) is 5.54. The number of alkyl halides is 2. The van der Waals surface area contributed by atoms with Gasteiger partial charge < -0.3 is 10.2 Å². The van der Waals surface area contributed by atoms with Crippen molar-refractivity contribution in [3.63, 3.8) is 0 Å².